The summed E-state index contributed by atoms with van der Waals surface area (Å²) < 4.78 is 0. The Bertz CT molecular complexity index is 36.7. The molecule has 0 radical (unpaired) electrons. The Hall–Kier alpha value is 2.35. The van der Waals surface area contributed by atoms with Crippen LogP contribution < -0.4 is 0 Å². The second-order valence-corrected chi connectivity index (χ2v) is 0.519. The summed E-state index contributed by atoms with van der Waals surface area (Å²) in [5.74, 6) is -0.833. The second kappa shape index (κ2) is 42.5. The molecule has 2 nitrogen and oxygen atoms in total. The van der Waals surface area contributed by atoms with Crippen LogP contribution in [0.1, 0.15) is 6.92 Å². The molecule has 0 amide bonds. The van der Waals surface area contributed by atoms with Crippen LogP contribution in [0.15, 0.2) is 0 Å². The highest BCUT2D eigenvalue weighted by atomic mass is 79.9. The number of carboxylic acids is 1. The van der Waals surface area contributed by atoms with E-state index in [2.05, 4.69) is 0 Å². The van der Waals surface area contributed by atoms with Crippen molar-refractivity contribution in [1.82, 2.24) is 0 Å². The first-order valence-electron chi connectivity index (χ1n) is 0.928. The second-order valence-electron chi connectivity index (χ2n) is 0.519. The number of aliphatic carboxylic acids is 1. The van der Waals surface area contributed by atoms with E-state index in [9.17, 15) is 0 Å². The van der Waals surface area contributed by atoms with E-state index in [1.165, 1.54) is 0 Å². The van der Waals surface area contributed by atoms with Crippen molar-refractivity contribution in [3.8, 4) is 0 Å². The SMILES string of the molecule is Br.Br.Br.Br.Br.Br.CC(=O)O. The van der Waals surface area contributed by atoms with Crippen LogP contribution in [0.3, 0.4) is 0 Å². The molecule has 0 aromatic heterocycles. The van der Waals surface area contributed by atoms with Gasteiger partial charge in [0, 0.05) is 6.92 Å². The van der Waals surface area contributed by atoms with Gasteiger partial charge in [-0.25, -0.2) is 0 Å². The van der Waals surface area contributed by atoms with Gasteiger partial charge >= 0.3 is 0 Å². The van der Waals surface area contributed by atoms with E-state index in [-0.39, 0.29) is 102 Å². The van der Waals surface area contributed by atoms with Gasteiger partial charge in [0.25, 0.3) is 5.97 Å². The molecule has 0 bridgehead atoms. The summed E-state index contributed by atoms with van der Waals surface area (Å²) in [5.41, 5.74) is 0. The van der Waals surface area contributed by atoms with Crippen molar-refractivity contribution in [2.75, 3.05) is 0 Å². The molecule has 0 saturated carbocycles. The van der Waals surface area contributed by atoms with Crippen LogP contribution in [-0.2, 0) is 4.79 Å². The molecule has 1 N–H and O–H groups in total. The van der Waals surface area contributed by atoms with E-state index in [0.29, 0.717) is 0 Å². The number of hydrogen-bond acceptors (Lipinski definition) is 1. The van der Waals surface area contributed by atoms with Crippen molar-refractivity contribution in [3.63, 3.8) is 0 Å². The lowest BCUT2D eigenvalue weighted by atomic mass is 10.9. The molecule has 0 aromatic carbocycles. The Balaban J connectivity index is -0.00000000300. The smallest absolute Gasteiger partial charge is 0.300 e. The van der Waals surface area contributed by atoms with Crippen LogP contribution >= 0.6 is 102 Å². The summed E-state index contributed by atoms with van der Waals surface area (Å²) in [7, 11) is 0. The zero-order valence-electron chi connectivity index (χ0n) is 4.80. The van der Waals surface area contributed by atoms with Crippen LogP contribution in [0, 0.1) is 0 Å². The molecule has 0 atom stereocenters. The highest BCUT2D eigenvalue weighted by molar-refractivity contribution is 8.93. The predicted molar refractivity (Wildman–Crippen MR) is 75.2 cm³/mol. The van der Waals surface area contributed by atoms with Crippen LogP contribution in [0.25, 0.3) is 0 Å². The average molecular weight is 546 g/mol. The lowest BCUT2D eigenvalue weighted by Gasteiger charge is -1.59. The van der Waals surface area contributed by atoms with Gasteiger partial charge in [-0.1, -0.05) is 0 Å². The van der Waals surface area contributed by atoms with Gasteiger partial charge in [-0.3, -0.25) is 4.79 Å². The minimum atomic E-state index is -0.833. The maximum absolute atomic E-state index is 9.00. The third-order valence-corrected chi connectivity index (χ3v) is 0. The number of halogens is 6. The van der Waals surface area contributed by atoms with Gasteiger partial charge in [0.05, 0.1) is 0 Å². The van der Waals surface area contributed by atoms with Gasteiger partial charge < -0.3 is 5.11 Å². The summed E-state index contributed by atoms with van der Waals surface area (Å²) in [6.45, 7) is 1.08. The van der Waals surface area contributed by atoms with Crippen molar-refractivity contribution in [2.45, 2.75) is 6.92 Å². The zero-order chi connectivity index (χ0) is 3.58. The maximum Gasteiger partial charge on any atom is 0.300 e. The minimum Gasteiger partial charge on any atom is -0.481 e. The summed E-state index contributed by atoms with van der Waals surface area (Å²) in [5, 5.41) is 7.42. The van der Waals surface area contributed by atoms with E-state index in [1.807, 2.05) is 0 Å². The summed E-state index contributed by atoms with van der Waals surface area (Å²) in [6.07, 6.45) is 0. The van der Waals surface area contributed by atoms with Crippen molar-refractivity contribution in [2.24, 2.45) is 0 Å². The molecule has 0 aliphatic rings. The van der Waals surface area contributed by atoms with E-state index in [4.69, 9.17) is 9.90 Å². The van der Waals surface area contributed by atoms with Crippen LogP contribution in [-0.4, -0.2) is 11.1 Å². The normalized spacial score (nSPS) is 2.50. The fourth-order valence-electron chi connectivity index (χ4n) is 0. The van der Waals surface area contributed by atoms with Crippen LogP contribution in [0.2, 0.25) is 0 Å². The molecule has 0 fully saturated rings. The molecular formula is C2H10Br6O2. The van der Waals surface area contributed by atoms with E-state index in [1.54, 1.807) is 0 Å². The summed E-state index contributed by atoms with van der Waals surface area (Å²) >= 11 is 0. The van der Waals surface area contributed by atoms with Gasteiger partial charge in [-0.05, 0) is 0 Å². The molecule has 0 rings (SSSR count). The Kier molecular flexibility index (Phi) is 236. The van der Waals surface area contributed by atoms with Crippen LogP contribution in [0.5, 0.6) is 0 Å². The topological polar surface area (TPSA) is 37.3 Å². The molecule has 0 aliphatic heterocycles. The highest BCUT2D eigenvalue weighted by Gasteiger charge is 1.65. The summed E-state index contributed by atoms with van der Waals surface area (Å²) in [6, 6.07) is 0. The molecule has 0 aromatic rings. The van der Waals surface area contributed by atoms with Crippen molar-refractivity contribution in [3.05, 3.63) is 0 Å². The Labute approximate surface area is 123 Å². The highest BCUT2D eigenvalue weighted by Crippen LogP contribution is 1.42. The van der Waals surface area contributed by atoms with Crippen molar-refractivity contribution < 1.29 is 9.90 Å². The molecule has 8 heteroatoms. The Morgan fingerprint density at radius 1 is 0.900 bits per heavy atom. The molecule has 0 aliphatic carbocycles. The number of carboxylic acid groups (broad SMARTS) is 1. The average Bonchev–Trinajstić information content (AvgIpc) is 0.811. The monoisotopic (exact) mass is 540 g/mol. The number of hydrogen-bond donors (Lipinski definition) is 1. The molecular weight excluding hydrogens is 535 g/mol. The quantitative estimate of drug-likeness (QED) is 0.506. The van der Waals surface area contributed by atoms with E-state index < -0.39 is 5.97 Å². The Morgan fingerprint density at radius 2 is 0.900 bits per heavy atom. The van der Waals surface area contributed by atoms with Gasteiger partial charge in [0.15, 0.2) is 0 Å². The lowest BCUT2D eigenvalue weighted by Crippen LogP contribution is -1.78. The predicted octanol–water partition coefficient (Wildman–Crippen LogP) is 3.56. The summed E-state index contributed by atoms with van der Waals surface area (Å²) in [4.78, 5) is 9.00. The molecule has 0 saturated heterocycles. The lowest BCUT2D eigenvalue weighted by molar-refractivity contribution is -0.134. The molecule has 72 valence electrons. The standard InChI is InChI=1S/C2H4O2.6BrH/c1-2(3)4;;;;;;/h1H3,(H,3,4);6*1H. The third kappa shape index (κ3) is 164. The van der Waals surface area contributed by atoms with E-state index in [0.717, 1.165) is 6.92 Å². The van der Waals surface area contributed by atoms with Crippen LogP contribution in [0.4, 0.5) is 0 Å². The molecule has 0 spiro atoms. The van der Waals surface area contributed by atoms with E-state index >= 15 is 0 Å². The third-order valence-electron chi connectivity index (χ3n) is 0. The zero-order valence-corrected chi connectivity index (χ0v) is 15.1. The van der Waals surface area contributed by atoms with Gasteiger partial charge in [0.2, 0.25) is 0 Å². The number of rotatable bonds is 0. The molecule has 10 heavy (non-hydrogen) atoms. The van der Waals surface area contributed by atoms with Gasteiger partial charge in [-0.15, -0.1) is 102 Å². The fraction of sp³-hybridized carbons (Fsp3) is 0.500. The van der Waals surface area contributed by atoms with Crippen molar-refractivity contribution >= 4 is 108 Å². The van der Waals surface area contributed by atoms with Gasteiger partial charge in [0.1, 0.15) is 0 Å². The van der Waals surface area contributed by atoms with Gasteiger partial charge in [-0.2, -0.15) is 0 Å². The first kappa shape index (κ1) is 55.6. The largest absolute Gasteiger partial charge is 0.481 e. The fourth-order valence-corrected chi connectivity index (χ4v) is 0. The first-order chi connectivity index (χ1) is 1.73. The first-order valence-corrected chi connectivity index (χ1v) is 0.928. The maximum atomic E-state index is 9.00. The number of carbonyl (C=O) groups is 1. The Morgan fingerprint density at radius 3 is 0.900 bits per heavy atom. The molecule has 0 heterocycles. The molecule has 0 unspecified atom stereocenters. The van der Waals surface area contributed by atoms with Crippen molar-refractivity contribution in [1.29, 1.82) is 0 Å². The minimum absolute atomic E-state index is 0.